The van der Waals surface area contributed by atoms with Crippen LogP contribution in [-0.4, -0.2) is 41.6 Å². The summed E-state index contributed by atoms with van der Waals surface area (Å²) in [4.78, 5) is 28.7. The zero-order chi connectivity index (χ0) is 25.6. The lowest BCUT2D eigenvalue weighted by Crippen LogP contribution is -2.32. The molecule has 3 aliphatic carbocycles. The maximum atomic E-state index is 14.9. The third kappa shape index (κ3) is 3.92. The highest BCUT2D eigenvalue weighted by Gasteiger charge is 2.64. The smallest absolute Gasteiger partial charge is 0.273 e. The quantitative estimate of drug-likeness (QED) is 0.596. The predicted octanol–water partition coefficient (Wildman–Crippen LogP) is 4.29. The van der Waals surface area contributed by atoms with Crippen LogP contribution in [0.5, 0.6) is 0 Å². The van der Waals surface area contributed by atoms with Crippen molar-refractivity contribution in [1.82, 2.24) is 14.8 Å². The molecular weight excluding hydrogens is 469 g/mol. The number of amides is 1. The first kappa shape index (κ1) is 23.6. The fourth-order valence-electron chi connectivity index (χ4n) is 6.22. The van der Waals surface area contributed by atoms with Gasteiger partial charge in [-0.3, -0.25) is 9.59 Å². The van der Waals surface area contributed by atoms with E-state index in [1.165, 1.54) is 18.2 Å². The van der Waals surface area contributed by atoms with E-state index in [0.717, 1.165) is 38.4 Å². The number of anilines is 1. The molecule has 1 amide bonds. The van der Waals surface area contributed by atoms with Crippen molar-refractivity contribution < 1.29 is 18.0 Å². The second-order valence-corrected chi connectivity index (χ2v) is 11.4. The van der Waals surface area contributed by atoms with Gasteiger partial charge in [-0.25, -0.2) is 13.2 Å². The zero-order valence-electron chi connectivity index (χ0n) is 20.7. The number of aromatic nitrogens is 1. The lowest BCUT2D eigenvalue weighted by atomic mass is 10.0. The van der Waals surface area contributed by atoms with E-state index in [9.17, 15) is 22.8 Å². The highest BCUT2D eigenvalue weighted by Crippen LogP contribution is 2.72. The summed E-state index contributed by atoms with van der Waals surface area (Å²) < 4.78 is 44.3. The summed E-state index contributed by atoms with van der Waals surface area (Å²) in [7, 11) is 2.08. The molecule has 1 spiro atoms. The second kappa shape index (κ2) is 7.84. The fraction of sp³-hybridized carbons (Fsp3) is 0.556. The number of nitrogens with one attached hydrogen (secondary N) is 2. The number of carbonyl (C=O) groups is 1. The number of piperidine rings is 1. The number of fused-ring (bicyclic) bond motifs is 1. The van der Waals surface area contributed by atoms with Gasteiger partial charge in [0.2, 0.25) is 0 Å². The number of hydrogen-bond donors (Lipinski definition) is 2. The number of carbonyl (C=O) groups excluding carboxylic acids is 1. The highest BCUT2D eigenvalue weighted by molar-refractivity contribution is 5.99. The Labute approximate surface area is 207 Å². The van der Waals surface area contributed by atoms with Gasteiger partial charge in [0, 0.05) is 49.9 Å². The monoisotopic (exact) mass is 500 g/mol. The summed E-state index contributed by atoms with van der Waals surface area (Å²) in [5.74, 6) is -3.86. The van der Waals surface area contributed by atoms with Crippen LogP contribution in [0.2, 0.25) is 0 Å². The fourth-order valence-corrected chi connectivity index (χ4v) is 6.22. The molecule has 1 saturated heterocycles. The molecule has 0 bridgehead atoms. The van der Waals surface area contributed by atoms with Gasteiger partial charge in [-0.2, -0.15) is 0 Å². The van der Waals surface area contributed by atoms with Crippen molar-refractivity contribution >= 4 is 11.6 Å². The summed E-state index contributed by atoms with van der Waals surface area (Å²) in [5, 5.41) is 6.21. The number of halogens is 3. The Morgan fingerprint density at radius 1 is 1.22 bits per heavy atom. The van der Waals surface area contributed by atoms with Crippen molar-refractivity contribution in [3.05, 3.63) is 63.3 Å². The van der Waals surface area contributed by atoms with Gasteiger partial charge in [-0.15, -0.1) is 0 Å². The van der Waals surface area contributed by atoms with Gasteiger partial charge in [0.05, 0.1) is 22.9 Å². The molecule has 4 fully saturated rings. The topological polar surface area (TPSA) is 66.4 Å². The Morgan fingerprint density at radius 2 is 1.92 bits per heavy atom. The van der Waals surface area contributed by atoms with E-state index in [0.29, 0.717) is 30.0 Å². The molecule has 6 nitrogen and oxygen atoms in total. The Balaban J connectivity index is 1.28. The van der Waals surface area contributed by atoms with Crippen LogP contribution in [0.3, 0.4) is 0 Å². The van der Waals surface area contributed by atoms with Crippen molar-refractivity contribution in [1.29, 1.82) is 0 Å². The van der Waals surface area contributed by atoms with Gasteiger partial charge < -0.3 is 20.1 Å². The minimum Gasteiger partial charge on any atom is -0.381 e. The van der Waals surface area contributed by atoms with Crippen LogP contribution < -0.4 is 16.2 Å². The molecule has 4 aliphatic rings. The molecular formula is C27H31F3N4O2. The number of likely N-dealkylation sites (tertiary alicyclic amines) is 1. The number of pyridine rings is 1. The SMILES string of the molecule is C[C@@H](NC(=O)c1cn([C@@H]2CC23CC3)c(=O)cc1N[C@H]1[C@@H]2CN(C)C[C@@H]21)c1cccc(C(C)(F)F)c1F. The molecule has 1 aliphatic heterocycles. The van der Waals surface area contributed by atoms with Gasteiger partial charge >= 0.3 is 0 Å². The molecule has 0 radical (unpaired) electrons. The Bertz CT molecular complexity index is 1290. The first-order valence-electron chi connectivity index (χ1n) is 12.7. The third-order valence-corrected chi connectivity index (χ3v) is 8.71. The van der Waals surface area contributed by atoms with Crippen molar-refractivity contribution in [3.8, 4) is 0 Å². The molecule has 1 aromatic carbocycles. The second-order valence-electron chi connectivity index (χ2n) is 11.4. The molecule has 2 heterocycles. The maximum Gasteiger partial charge on any atom is 0.273 e. The lowest BCUT2D eigenvalue weighted by Gasteiger charge is -2.21. The third-order valence-electron chi connectivity index (χ3n) is 8.71. The molecule has 6 rings (SSSR count). The van der Waals surface area contributed by atoms with Crippen LogP contribution in [0.4, 0.5) is 18.9 Å². The molecule has 0 unspecified atom stereocenters. The summed E-state index contributed by atoms with van der Waals surface area (Å²) in [5.41, 5.74) is 0.160. The summed E-state index contributed by atoms with van der Waals surface area (Å²) in [6.45, 7) is 4.16. The molecule has 5 atom stereocenters. The van der Waals surface area contributed by atoms with Gasteiger partial charge in [0.25, 0.3) is 17.4 Å². The normalized spacial score (nSPS) is 28.5. The standard InChI is InChI=1S/C27H31F3N4O2/c1-14(15-5-4-6-19(23(15)28)26(2,29)30)31-25(36)18-13-34(21-10-27(21)7-8-27)22(35)9-20(18)32-24-16-11-33(3)12-17(16)24/h4-6,9,13-14,16-17,21,24,32H,7-8,10-12H2,1-3H3,(H,31,36)/t14-,16-,17+,21-,24+/m1/s1. The minimum absolute atomic E-state index is 0.0101. The Kier molecular flexibility index (Phi) is 5.14. The van der Waals surface area contributed by atoms with Crippen LogP contribution >= 0.6 is 0 Å². The van der Waals surface area contributed by atoms with Crippen LogP contribution in [0.25, 0.3) is 0 Å². The van der Waals surface area contributed by atoms with Crippen LogP contribution in [0, 0.1) is 23.1 Å². The van der Waals surface area contributed by atoms with Crippen LogP contribution in [-0.2, 0) is 5.92 Å². The molecule has 192 valence electrons. The van der Waals surface area contributed by atoms with E-state index in [-0.39, 0.29) is 28.6 Å². The van der Waals surface area contributed by atoms with E-state index >= 15 is 0 Å². The molecule has 2 aromatic rings. The van der Waals surface area contributed by atoms with E-state index in [4.69, 9.17) is 0 Å². The number of benzene rings is 1. The van der Waals surface area contributed by atoms with E-state index in [1.54, 1.807) is 17.7 Å². The number of hydrogen-bond acceptors (Lipinski definition) is 4. The van der Waals surface area contributed by atoms with E-state index in [2.05, 4.69) is 22.6 Å². The van der Waals surface area contributed by atoms with Crippen molar-refractivity contribution in [2.45, 2.75) is 57.2 Å². The molecule has 1 aromatic heterocycles. The van der Waals surface area contributed by atoms with Crippen molar-refractivity contribution in [2.24, 2.45) is 17.3 Å². The van der Waals surface area contributed by atoms with E-state index < -0.39 is 29.3 Å². The number of nitrogens with zero attached hydrogens (tertiary/aromatic N) is 2. The molecule has 9 heteroatoms. The summed E-state index contributed by atoms with van der Waals surface area (Å²) in [6, 6.07) is 4.79. The minimum atomic E-state index is -3.34. The average Bonchev–Trinajstić information content (AvgIpc) is 3.76. The van der Waals surface area contributed by atoms with Gasteiger partial charge in [0.15, 0.2) is 0 Å². The maximum absolute atomic E-state index is 14.9. The Hall–Kier alpha value is -2.81. The zero-order valence-corrected chi connectivity index (χ0v) is 20.7. The lowest BCUT2D eigenvalue weighted by molar-refractivity contribution is 0.0135. The van der Waals surface area contributed by atoms with Crippen molar-refractivity contribution in [2.75, 3.05) is 25.5 Å². The highest BCUT2D eigenvalue weighted by atomic mass is 19.3. The van der Waals surface area contributed by atoms with Crippen LogP contribution in [0.15, 0.2) is 35.3 Å². The Morgan fingerprint density at radius 3 is 2.53 bits per heavy atom. The van der Waals surface area contributed by atoms with Crippen molar-refractivity contribution in [3.63, 3.8) is 0 Å². The van der Waals surface area contributed by atoms with Crippen LogP contribution in [0.1, 0.15) is 66.7 Å². The summed E-state index contributed by atoms with van der Waals surface area (Å²) in [6.07, 6.45) is 4.76. The number of alkyl halides is 2. The summed E-state index contributed by atoms with van der Waals surface area (Å²) >= 11 is 0. The predicted molar refractivity (Wildman–Crippen MR) is 130 cm³/mol. The first-order valence-corrected chi connectivity index (χ1v) is 12.7. The molecule has 3 saturated carbocycles. The first-order chi connectivity index (χ1) is 17.0. The van der Waals surface area contributed by atoms with Gasteiger partial charge in [-0.1, -0.05) is 18.2 Å². The number of rotatable bonds is 7. The largest absolute Gasteiger partial charge is 0.381 e. The molecule has 2 N–H and O–H groups in total. The van der Waals surface area contributed by atoms with Gasteiger partial charge in [0.1, 0.15) is 5.82 Å². The van der Waals surface area contributed by atoms with E-state index in [1.807, 2.05) is 0 Å². The molecule has 36 heavy (non-hydrogen) atoms. The van der Waals surface area contributed by atoms with Gasteiger partial charge in [-0.05, 0) is 50.5 Å². The average molecular weight is 501 g/mol.